The van der Waals surface area contributed by atoms with Gasteiger partial charge >= 0.3 is 0 Å². The maximum Gasteiger partial charge on any atom is 0.238 e. The van der Waals surface area contributed by atoms with Crippen molar-refractivity contribution in [2.24, 2.45) is 0 Å². The Morgan fingerprint density at radius 2 is 1.90 bits per heavy atom. The standard InChI is InChI=1S/C22H23FN4O2/c1-15-4-2-3-5-19(15)24-20(28)14-27-12-10-17(11-13-27)22-25-21(26-29-22)16-6-8-18(23)9-7-16/h2-9,17H,10-14H2,1H3,(H,24,28). The molecule has 0 atom stereocenters. The lowest BCUT2D eigenvalue weighted by atomic mass is 9.97. The summed E-state index contributed by atoms with van der Waals surface area (Å²) in [7, 11) is 0. The van der Waals surface area contributed by atoms with E-state index in [0.29, 0.717) is 18.3 Å². The lowest BCUT2D eigenvalue weighted by Gasteiger charge is -2.29. The van der Waals surface area contributed by atoms with E-state index in [0.717, 1.165) is 42.7 Å². The van der Waals surface area contributed by atoms with E-state index in [-0.39, 0.29) is 17.6 Å². The molecule has 2 heterocycles. The number of nitrogens with zero attached hydrogens (tertiary/aromatic N) is 3. The molecular formula is C22H23FN4O2. The fraction of sp³-hybridized carbons (Fsp3) is 0.318. The number of piperidine rings is 1. The van der Waals surface area contributed by atoms with Gasteiger partial charge in [-0.25, -0.2) is 4.39 Å². The van der Waals surface area contributed by atoms with Crippen molar-refractivity contribution in [2.45, 2.75) is 25.7 Å². The van der Waals surface area contributed by atoms with Gasteiger partial charge in [-0.3, -0.25) is 9.69 Å². The molecule has 1 fully saturated rings. The second-order valence-electron chi connectivity index (χ2n) is 7.38. The Hall–Kier alpha value is -3.06. The molecule has 1 aliphatic rings. The monoisotopic (exact) mass is 394 g/mol. The summed E-state index contributed by atoms with van der Waals surface area (Å²) in [6, 6.07) is 13.8. The highest BCUT2D eigenvalue weighted by molar-refractivity contribution is 5.92. The van der Waals surface area contributed by atoms with Crippen LogP contribution in [0.1, 0.15) is 30.2 Å². The summed E-state index contributed by atoms with van der Waals surface area (Å²) in [5, 5.41) is 7.01. The molecule has 29 heavy (non-hydrogen) atoms. The van der Waals surface area contributed by atoms with E-state index in [9.17, 15) is 9.18 Å². The lowest BCUT2D eigenvalue weighted by Crippen LogP contribution is -2.38. The molecule has 1 saturated heterocycles. The third kappa shape index (κ3) is 4.68. The second-order valence-corrected chi connectivity index (χ2v) is 7.38. The van der Waals surface area contributed by atoms with Crippen LogP contribution < -0.4 is 5.32 Å². The van der Waals surface area contributed by atoms with Crippen LogP contribution >= 0.6 is 0 Å². The average Bonchev–Trinajstić information content (AvgIpc) is 3.21. The number of hydrogen-bond acceptors (Lipinski definition) is 5. The Bertz CT molecular complexity index is 978. The van der Waals surface area contributed by atoms with Crippen LogP contribution in [-0.2, 0) is 4.79 Å². The van der Waals surface area contributed by atoms with E-state index in [1.165, 1.54) is 12.1 Å². The molecule has 2 aromatic carbocycles. The molecule has 0 spiro atoms. The smallest absolute Gasteiger partial charge is 0.238 e. The van der Waals surface area contributed by atoms with E-state index in [4.69, 9.17) is 4.52 Å². The molecule has 0 saturated carbocycles. The molecule has 6 nitrogen and oxygen atoms in total. The van der Waals surface area contributed by atoms with Crippen LogP contribution in [0.25, 0.3) is 11.4 Å². The van der Waals surface area contributed by atoms with Gasteiger partial charge in [0.25, 0.3) is 0 Å². The number of para-hydroxylation sites is 1. The Labute approximate surface area is 168 Å². The Morgan fingerprint density at radius 3 is 2.62 bits per heavy atom. The molecular weight excluding hydrogens is 371 g/mol. The largest absolute Gasteiger partial charge is 0.339 e. The number of carbonyl (C=O) groups excluding carboxylic acids is 1. The maximum atomic E-state index is 13.1. The SMILES string of the molecule is Cc1ccccc1NC(=O)CN1CCC(c2nc(-c3ccc(F)cc3)no2)CC1. The molecule has 1 aliphatic heterocycles. The van der Waals surface area contributed by atoms with Gasteiger partial charge in [-0.15, -0.1) is 0 Å². The molecule has 7 heteroatoms. The van der Waals surface area contributed by atoms with Crippen molar-refractivity contribution in [3.05, 3.63) is 65.8 Å². The van der Waals surface area contributed by atoms with Crippen LogP contribution in [-0.4, -0.2) is 40.6 Å². The molecule has 1 amide bonds. The Balaban J connectivity index is 1.30. The van der Waals surface area contributed by atoms with Gasteiger partial charge in [0.05, 0.1) is 6.54 Å². The lowest BCUT2D eigenvalue weighted by molar-refractivity contribution is -0.117. The van der Waals surface area contributed by atoms with Gasteiger partial charge in [0.1, 0.15) is 5.82 Å². The minimum absolute atomic E-state index is 0.00543. The highest BCUT2D eigenvalue weighted by Gasteiger charge is 2.26. The molecule has 150 valence electrons. The first kappa shape index (κ1) is 19.3. The predicted molar refractivity (Wildman–Crippen MR) is 108 cm³/mol. The van der Waals surface area contributed by atoms with E-state index >= 15 is 0 Å². The fourth-order valence-electron chi connectivity index (χ4n) is 3.56. The third-order valence-electron chi connectivity index (χ3n) is 5.27. The van der Waals surface area contributed by atoms with Gasteiger partial charge in [-0.1, -0.05) is 23.4 Å². The minimum Gasteiger partial charge on any atom is -0.339 e. The normalized spacial score (nSPS) is 15.4. The van der Waals surface area contributed by atoms with Crippen LogP contribution in [0, 0.1) is 12.7 Å². The van der Waals surface area contributed by atoms with E-state index in [2.05, 4.69) is 20.4 Å². The molecule has 1 N–H and O–H groups in total. The zero-order valence-electron chi connectivity index (χ0n) is 16.3. The maximum absolute atomic E-state index is 13.1. The van der Waals surface area contributed by atoms with E-state index < -0.39 is 0 Å². The van der Waals surface area contributed by atoms with E-state index in [1.54, 1.807) is 12.1 Å². The molecule has 0 bridgehead atoms. The summed E-state index contributed by atoms with van der Waals surface area (Å²) in [6.45, 7) is 3.93. The van der Waals surface area contributed by atoms with Crippen molar-refractivity contribution in [3.63, 3.8) is 0 Å². The number of likely N-dealkylation sites (tertiary alicyclic amines) is 1. The van der Waals surface area contributed by atoms with Crippen molar-refractivity contribution in [1.29, 1.82) is 0 Å². The van der Waals surface area contributed by atoms with Crippen LogP contribution in [0.2, 0.25) is 0 Å². The first-order valence-corrected chi connectivity index (χ1v) is 9.76. The Morgan fingerprint density at radius 1 is 1.17 bits per heavy atom. The highest BCUT2D eigenvalue weighted by Crippen LogP contribution is 2.28. The summed E-state index contributed by atoms with van der Waals surface area (Å²) in [5.41, 5.74) is 2.63. The van der Waals surface area contributed by atoms with Gasteiger partial charge in [0, 0.05) is 17.2 Å². The zero-order valence-corrected chi connectivity index (χ0v) is 16.3. The molecule has 3 aromatic rings. The summed E-state index contributed by atoms with van der Waals surface area (Å²) >= 11 is 0. The average molecular weight is 394 g/mol. The fourth-order valence-corrected chi connectivity index (χ4v) is 3.56. The first-order chi connectivity index (χ1) is 14.1. The van der Waals surface area contributed by atoms with Crippen molar-refractivity contribution in [1.82, 2.24) is 15.0 Å². The molecule has 0 unspecified atom stereocenters. The van der Waals surface area contributed by atoms with Gasteiger partial charge in [-0.2, -0.15) is 4.98 Å². The van der Waals surface area contributed by atoms with Crippen molar-refractivity contribution >= 4 is 11.6 Å². The summed E-state index contributed by atoms with van der Waals surface area (Å²) in [6.07, 6.45) is 1.70. The van der Waals surface area contributed by atoms with Crippen LogP contribution in [0.15, 0.2) is 53.1 Å². The summed E-state index contributed by atoms with van der Waals surface area (Å²) in [5.74, 6) is 0.950. The number of amides is 1. The topological polar surface area (TPSA) is 71.3 Å². The molecule has 1 aromatic heterocycles. The van der Waals surface area contributed by atoms with Gasteiger partial charge in [-0.05, 0) is 68.8 Å². The summed E-state index contributed by atoms with van der Waals surface area (Å²) < 4.78 is 18.5. The van der Waals surface area contributed by atoms with E-state index in [1.807, 2.05) is 31.2 Å². The van der Waals surface area contributed by atoms with Crippen LogP contribution in [0.4, 0.5) is 10.1 Å². The quantitative estimate of drug-likeness (QED) is 0.708. The van der Waals surface area contributed by atoms with Crippen molar-refractivity contribution in [2.75, 3.05) is 25.0 Å². The number of halogens is 1. The molecule has 0 aliphatic carbocycles. The van der Waals surface area contributed by atoms with Crippen LogP contribution in [0.5, 0.6) is 0 Å². The number of rotatable bonds is 5. The number of benzene rings is 2. The zero-order chi connectivity index (χ0) is 20.2. The number of aryl methyl sites for hydroxylation is 1. The minimum atomic E-state index is -0.295. The third-order valence-corrected chi connectivity index (χ3v) is 5.27. The number of anilines is 1. The van der Waals surface area contributed by atoms with Gasteiger partial charge in [0.15, 0.2) is 0 Å². The highest BCUT2D eigenvalue weighted by atomic mass is 19.1. The molecule has 4 rings (SSSR count). The van der Waals surface area contributed by atoms with Crippen molar-refractivity contribution < 1.29 is 13.7 Å². The van der Waals surface area contributed by atoms with Gasteiger partial charge < -0.3 is 9.84 Å². The number of aromatic nitrogens is 2. The molecule has 0 radical (unpaired) electrons. The predicted octanol–water partition coefficient (Wildman–Crippen LogP) is 4.00. The Kier molecular flexibility index (Phi) is 5.67. The first-order valence-electron chi connectivity index (χ1n) is 9.76. The number of hydrogen-bond donors (Lipinski definition) is 1. The summed E-state index contributed by atoms with van der Waals surface area (Å²) in [4.78, 5) is 19.0. The van der Waals surface area contributed by atoms with Crippen molar-refractivity contribution in [3.8, 4) is 11.4 Å². The van der Waals surface area contributed by atoms with Crippen LogP contribution in [0.3, 0.4) is 0 Å². The van der Waals surface area contributed by atoms with Gasteiger partial charge in [0.2, 0.25) is 17.6 Å². The second kappa shape index (κ2) is 8.53. The number of carbonyl (C=O) groups is 1. The number of nitrogens with one attached hydrogen (secondary N) is 1.